The Balaban J connectivity index is 1.45. The minimum atomic E-state index is -0.613. The van der Waals surface area contributed by atoms with Gasteiger partial charge in [0, 0.05) is 18.1 Å². The second-order valence-electron chi connectivity index (χ2n) is 6.96. The molecule has 1 amide bonds. The summed E-state index contributed by atoms with van der Waals surface area (Å²) >= 11 is 5.96. The first kappa shape index (κ1) is 18.9. The highest BCUT2D eigenvalue weighted by Gasteiger charge is 2.49. The van der Waals surface area contributed by atoms with Crippen LogP contribution in [-0.4, -0.2) is 54.8 Å². The molecule has 0 spiro atoms. The lowest BCUT2D eigenvalue weighted by Crippen LogP contribution is -2.44. The third-order valence-electron chi connectivity index (χ3n) is 4.97. The molecule has 2 aliphatic heterocycles. The van der Waals surface area contributed by atoms with Crippen molar-refractivity contribution >= 4 is 17.5 Å². The van der Waals surface area contributed by atoms with Crippen LogP contribution in [0.5, 0.6) is 17.2 Å². The Bertz CT molecular complexity index is 806. The lowest BCUT2D eigenvalue weighted by Gasteiger charge is -2.24. The monoisotopic (exact) mass is 402 g/mol. The van der Waals surface area contributed by atoms with Crippen molar-refractivity contribution < 1.29 is 19.1 Å². The molecule has 2 aromatic rings. The molecule has 2 fully saturated rings. The fourth-order valence-corrected chi connectivity index (χ4v) is 3.46. The molecule has 3 atom stereocenters. The Hall–Kier alpha value is -2.44. The number of hydroxylamine groups is 2. The molecule has 7 heteroatoms. The number of rotatable bonds is 7. The van der Waals surface area contributed by atoms with Crippen LogP contribution in [0.3, 0.4) is 0 Å². The second-order valence-corrected chi connectivity index (χ2v) is 7.40. The molecular formula is C21H23ClN2O4. The van der Waals surface area contributed by atoms with Gasteiger partial charge in [-0.15, -0.1) is 5.06 Å². The lowest BCUT2D eigenvalue weighted by atomic mass is 10.2. The molecule has 0 aromatic heterocycles. The zero-order valence-corrected chi connectivity index (χ0v) is 16.5. The molecule has 0 aliphatic carbocycles. The van der Waals surface area contributed by atoms with Crippen LogP contribution in [0, 0.1) is 0 Å². The van der Waals surface area contributed by atoms with Gasteiger partial charge in [0.05, 0.1) is 13.7 Å². The van der Waals surface area contributed by atoms with Crippen LogP contribution in [0.25, 0.3) is 0 Å². The first-order chi connectivity index (χ1) is 13.6. The van der Waals surface area contributed by atoms with Crippen LogP contribution in [0.2, 0.25) is 5.02 Å². The van der Waals surface area contributed by atoms with E-state index in [2.05, 4.69) is 0 Å². The van der Waals surface area contributed by atoms with E-state index in [4.69, 9.17) is 25.9 Å². The van der Waals surface area contributed by atoms with Crippen molar-refractivity contribution in [2.75, 3.05) is 26.7 Å². The number of hydrogen-bond donors (Lipinski definition) is 0. The number of halogens is 1. The van der Waals surface area contributed by atoms with Crippen molar-refractivity contribution in [2.45, 2.75) is 25.0 Å². The van der Waals surface area contributed by atoms with E-state index in [0.717, 1.165) is 31.7 Å². The maximum atomic E-state index is 13.1. The van der Waals surface area contributed by atoms with Crippen molar-refractivity contribution in [2.24, 2.45) is 0 Å². The Morgan fingerprint density at radius 2 is 1.61 bits per heavy atom. The lowest BCUT2D eigenvalue weighted by molar-refractivity contribution is -0.139. The van der Waals surface area contributed by atoms with Gasteiger partial charge in [-0.3, -0.25) is 4.79 Å². The Kier molecular flexibility index (Phi) is 5.59. The Labute approximate surface area is 169 Å². The van der Waals surface area contributed by atoms with Crippen LogP contribution in [0.15, 0.2) is 48.5 Å². The van der Waals surface area contributed by atoms with Crippen molar-refractivity contribution in [3.8, 4) is 17.2 Å². The van der Waals surface area contributed by atoms with Crippen molar-refractivity contribution in [1.82, 2.24) is 9.96 Å². The molecule has 2 saturated heterocycles. The highest BCUT2D eigenvalue weighted by Crippen LogP contribution is 2.30. The number of nitrogens with zero attached hydrogens (tertiary/aromatic N) is 2. The minimum Gasteiger partial charge on any atom is -0.497 e. The van der Waals surface area contributed by atoms with E-state index < -0.39 is 6.10 Å². The minimum absolute atomic E-state index is 0.0123. The standard InChI is InChI=1S/C21H23ClN2O4/c1-26-16-8-10-18(11-9-16)28-24-14-19(24)20(21(25)23-12-2-3-13-23)27-17-6-4-15(22)5-7-17/h4-11,19-20H,2-3,12-14H2,1H3/t19-,20+,24?/m1/s1. The third kappa shape index (κ3) is 4.34. The van der Waals surface area contributed by atoms with Gasteiger partial charge in [0.2, 0.25) is 0 Å². The predicted octanol–water partition coefficient (Wildman–Crippen LogP) is 3.40. The summed E-state index contributed by atoms with van der Waals surface area (Å²) in [5.41, 5.74) is 0. The molecule has 0 radical (unpaired) electrons. The molecule has 0 bridgehead atoms. The molecule has 2 heterocycles. The summed E-state index contributed by atoms with van der Waals surface area (Å²) in [4.78, 5) is 20.8. The van der Waals surface area contributed by atoms with Gasteiger partial charge in [-0.2, -0.15) is 0 Å². The topological polar surface area (TPSA) is 51.0 Å². The van der Waals surface area contributed by atoms with Gasteiger partial charge in [-0.25, -0.2) is 0 Å². The van der Waals surface area contributed by atoms with Gasteiger partial charge >= 0.3 is 0 Å². The quantitative estimate of drug-likeness (QED) is 0.664. The Morgan fingerprint density at radius 1 is 1.00 bits per heavy atom. The van der Waals surface area contributed by atoms with Gasteiger partial charge in [0.15, 0.2) is 6.10 Å². The SMILES string of the molecule is COc1ccc(ON2C[C@@H]2[C@H](Oc2ccc(Cl)cc2)C(=O)N2CCCC2)cc1. The first-order valence-electron chi connectivity index (χ1n) is 9.44. The average Bonchev–Trinajstić information content (AvgIpc) is 3.25. The summed E-state index contributed by atoms with van der Waals surface area (Å²) in [7, 11) is 1.62. The van der Waals surface area contributed by atoms with Gasteiger partial charge in [-0.1, -0.05) is 11.6 Å². The second kappa shape index (κ2) is 8.29. The third-order valence-corrected chi connectivity index (χ3v) is 5.22. The summed E-state index contributed by atoms with van der Waals surface area (Å²) in [6.45, 7) is 2.20. The first-order valence-corrected chi connectivity index (χ1v) is 9.81. The summed E-state index contributed by atoms with van der Waals surface area (Å²) in [6, 6.07) is 14.3. The largest absolute Gasteiger partial charge is 0.497 e. The van der Waals surface area contributed by atoms with E-state index in [1.54, 1.807) is 36.4 Å². The fraction of sp³-hybridized carbons (Fsp3) is 0.381. The highest BCUT2D eigenvalue weighted by molar-refractivity contribution is 6.30. The molecule has 0 saturated carbocycles. The highest BCUT2D eigenvalue weighted by atomic mass is 35.5. The van der Waals surface area contributed by atoms with Crippen LogP contribution in [-0.2, 0) is 4.79 Å². The van der Waals surface area contributed by atoms with E-state index in [-0.39, 0.29) is 11.9 Å². The summed E-state index contributed by atoms with van der Waals surface area (Å²) in [5, 5.41) is 2.40. The molecule has 0 N–H and O–H groups in total. The molecule has 148 valence electrons. The summed E-state index contributed by atoms with van der Waals surface area (Å²) < 4.78 is 11.2. The van der Waals surface area contributed by atoms with Gasteiger partial charge in [0.1, 0.15) is 23.3 Å². The molecular weight excluding hydrogens is 380 g/mol. The number of ether oxygens (including phenoxy) is 2. The van der Waals surface area contributed by atoms with Crippen LogP contribution >= 0.6 is 11.6 Å². The molecule has 2 aliphatic rings. The molecule has 1 unspecified atom stereocenters. The van der Waals surface area contributed by atoms with Crippen molar-refractivity contribution in [1.29, 1.82) is 0 Å². The molecule has 6 nitrogen and oxygen atoms in total. The molecule has 28 heavy (non-hydrogen) atoms. The Morgan fingerprint density at radius 3 is 2.25 bits per heavy atom. The number of benzene rings is 2. The number of amides is 1. The van der Waals surface area contributed by atoms with E-state index in [0.29, 0.717) is 23.1 Å². The predicted molar refractivity (Wildman–Crippen MR) is 106 cm³/mol. The maximum absolute atomic E-state index is 13.1. The average molecular weight is 403 g/mol. The van der Waals surface area contributed by atoms with Gasteiger partial charge in [0.25, 0.3) is 5.91 Å². The summed E-state index contributed by atoms with van der Waals surface area (Å²) in [5.74, 6) is 2.10. The van der Waals surface area contributed by atoms with E-state index in [9.17, 15) is 4.79 Å². The van der Waals surface area contributed by atoms with Crippen LogP contribution < -0.4 is 14.3 Å². The smallest absolute Gasteiger partial charge is 0.265 e. The number of hydrogen-bond acceptors (Lipinski definition) is 5. The number of methoxy groups -OCH3 is 1. The zero-order chi connectivity index (χ0) is 19.5. The zero-order valence-electron chi connectivity index (χ0n) is 15.7. The number of likely N-dealkylation sites (tertiary alicyclic amines) is 1. The van der Waals surface area contributed by atoms with Crippen LogP contribution in [0.1, 0.15) is 12.8 Å². The maximum Gasteiger partial charge on any atom is 0.265 e. The van der Waals surface area contributed by atoms with Gasteiger partial charge < -0.3 is 19.2 Å². The number of carbonyl (C=O) groups excluding carboxylic acids is 1. The normalized spacial score (nSPS) is 21.9. The van der Waals surface area contributed by atoms with Crippen LogP contribution in [0.4, 0.5) is 0 Å². The van der Waals surface area contributed by atoms with Crippen molar-refractivity contribution in [3.05, 3.63) is 53.6 Å². The van der Waals surface area contributed by atoms with Crippen molar-refractivity contribution in [3.63, 3.8) is 0 Å². The fourth-order valence-electron chi connectivity index (χ4n) is 3.33. The van der Waals surface area contributed by atoms with E-state index >= 15 is 0 Å². The summed E-state index contributed by atoms with van der Waals surface area (Å²) in [6.07, 6.45) is 1.46. The molecule has 2 aromatic carbocycles. The number of carbonyl (C=O) groups is 1. The van der Waals surface area contributed by atoms with E-state index in [1.807, 2.05) is 29.2 Å². The van der Waals surface area contributed by atoms with E-state index in [1.165, 1.54) is 0 Å². The molecule has 4 rings (SSSR count). The van der Waals surface area contributed by atoms with Gasteiger partial charge in [-0.05, 0) is 61.4 Å².